The second-order valence-electron chi connectivity index (χ2n) is 18.2. The van der Waals surface area contributed by atoms with E-state index in [1.807, 2.05) is 5.57 Å². The zero-order valence-corrected chi connectivity index (χ0v) is 29.3. The van der Waals surface area contributed by atoms with Gasteiger partial charge in [0.25, 0.3) is 0 Å². The minimum absolute atomic E-state index is 0.00194. The average molecular weight is 577 g/mol. The number of esters is 1. The highest BCUT2D eigenvalue weighted by molar-refractivity contribution is 5.72. The van der Waals surface area contributed by atoms with Crippen LogP contribution in [0.4, 0.5) is 0 Å². The summed E-state index contributed by atoms with van der Waals surface area (Å²) in [6.07, 6.45) is 21.5. The van der Waals surface area contributed by atoms with Gasteiger partial charge in [-0.2, -0.15) is 0 Å². The molecule has 8 unspecified atom stereocenters. The minimum Gasteiger partial charge on any atom is -0.462 e. The van der Waals surface area contributed by atoms with Gasteiger partial charge in [0.2, 0.25) is 0 Å². The molecule has 0 bridgehead atoms. The molecule has 5 rings (SSSR count). The van der Waals surface area contributed by atoms with Gasteiger partial charge in [-0.05, 0) is 136 Å². The van der Waals surface area contributed by atoms with Crippen LogP contribution in [-0.2, 0) is 9.53 Å². The van der Waals surface area contributed by atoms with Crippen LogP contribution in [0.25, 0.3) is 0 Å². The van der Waals surface area contributed by atoms with Gasteiger partial charge in [-0.25, -0.2) is 0 Å². The smallest absolute Gasteiger partial charge is 0.310 e. The second kappa shape index (κ2) is 10.7. The van der Waals surface area contributed by atoms with Gasteiger partial charge in [0, 0.05) is 5.41 Å². The Kier molecular flexibility index (Phi) is 8.14. The number of hydrogen-bond donors (Lipinski definition) is 0. The van der Waals surface area contributed by atoms with Crippen molar-refractivity contribution < 1.29 is 9.53 Å². The van der Waals surface area contributed by atoms with E-state index in [2.05, 4.69) is 94.4 Å². The highest BCUT2D eigenvalue weighted by atomic mass is 16.5. The lowest BCUT2D eigenvalue weighted by atomic mass is 9.32. The standard InChI is InChI=1S/C40H64O2/c1-12-27(2)13-14-28(3)25-34(41)42-33-18-19-38(9)31(36(33,6)7)17-20-40(11)32(38)16-15-29-30-26-35(4,5)21-22-37(30,8)23-24-39(29,40)10/h12,14,26,29,31-33H,13,15-25H2,1-11H3. The van der Waals surface area contributed by atoms with Gasteiger partial charge in [0.1, 0.15) is 6.10 Å². The third-order valence-electron chi connectivity index (χ3n) is 14.9. The lowest BCUT2D eigenvalue weighted by molar-refractivity contribution is -0.233. The summed E-state index contributed by atoms with van der Waals surface area (Å²) in [5.74, 6) is 2.06. The van der Waals surface area contributed by atoms with Gasteiger partial charge in [0.05, 0.1) is 6.42 Å². The quantitative estimate of drug-likeness (QED) is 0.240. The summed E-state index contributed by atoms with van der Waals surface area (Å²) in [4.78, 5) is 13.1. The lowest BCUT2D eigenvalue weighted by Gasteiger charge is -2.72. The van der Waals surface area contributed by atoms with Crippen molar-refractivity contribution >= 4 is 5.97 Å². The molecule has 0 saturated heterocycles. The van der Waals surface area contributed by atoms with Crippen molar-refractivity contribution in [3.8, 4) is 0 Å². The molecule has 0 aromatic heterocycles. The number of carbonyl (C=O) groups is 1. The summed E-state index contributed by atoms with van der Waals surface area (Å²) in [5.41, 5.74) is 6.14. The Hall–Kier alpha value is -1.31. The fraction of sp³-hybridized carbons (Fsp3) is 0.825. The minimum atomic E-state index is -0.0360. The molecule has 0 spiro atoms. The van der Waals surface area contributed by atoms with E-state index in [0.717, 1.165) is 30.3 Å². The van der Waals surface area contributed by atoms with Crippen LogP contribution in [0.5, 0.6) is 0 Å². The molecule has 0 aromatic rings. The number of allylic oxidation sites excluding steroid dienone is 5. The Morgan fingerprint density at radius 2 is 1.50 bits per heavy atom. The van der Waals surface area contributed by atoms with Crippen LogP contribution in [0.15, 0.2) is 34.9 Å². The number of ether oxygens (including phenoxy) is 1. The van der Waals surface area contributed by atoms with Crippen LogP contribution in [0.2, 0.25) is 0 Å². The lowest BCUT2D eigenvalue weighted by Crippen LogP contribution is -2.66. The normalized spacial score (nSPS) is 44.6. The summed E-state index contributed by atoms with van der Waals surface area (Å²) >= 11 is 0. The predicted molar refractivity (Wildman–Crippen MR) is 177 cm³/mol. The topological polar surface area (TPSA) is 26.3 Å². The zero-order valence-electron chi connectivity index (χ0n) is 29.3. The molecule has 5 aliphatic carbocycles. The van der Waals surface area contributed by atoms with E-state index >= 15 is 0 Å². The van der Waals surface area contributed by atoms with Gasteiger partial charge in [0.15, 0.2) is 0 Å². The third-order valence-corrected chi connectivity index (χ3v) is 14.9. The molecular formula is C40H64O2. The number of fused-ring (bicyclic) bond motifs is 7. The summed E-state index contributed by atoms with van der Waals surface area (Å²) in [5, 5.41) is 0. The van der Waals surface area contributed by atoms with Gasteiger partial charge in [-0.3, -0.25) is 4.79 Å². The first-order chi connectivity index (χ1) is 19.4. The molecule has 4 saturated carbocycles. The Balaban J connectivity index is 1.36. The Morgan fingerprint density at radius 3 is 2.19 bits per heavy atom. The van der Waals surface area contributed by atoms with Crippen LogP contribution < -0.4 is 0 Å². The molecule has 5 aliphatic rings. The molecule has 0 radical (unpaired) electrons. The fourth-order valence-corrected chi connectivity index (χ4v) is 11.8. The van der Waals surface area contributed by atoms with E-state index in [-0.39, 0.29) is 17.5 Å². The van der Waals surface area contributed by atoms with Crippen molar-refractivity contribution in [2.75, 3.05) is 0 Å². The first-order valence-corrected chi connectivity index (χ1v) is 17.6. The highest BCUT2D eigenvalue weighted by Gasteiger charge is 2.69. The Bertz CT molecular complexity index is 1170. The first-order valence-electron chi connectivity index (χ1n) is 17.6. The molecule has 236 valence electrons. The molecule has 42 heavy (non-hydrogen) atoms. The molecule has 0 N–H and O–H groups in total. The van der Waals surface area contributed by atoms with Crippen LogP contribution in [-0.4, -0.2) is 12.1 Å². The van der Waals surface area contributed by atoms with Crippen molar-refractivity contribution in [1.29, 1.82) is 0 Å². The van der Waals surface area contributed by atoms with Crippen molar-refractivity contribution in [3.63, 3.8) is 0 Å². The molecule has 0 amide bonds. The van der Waals surface area contributed by atoms with E-state index < -0.39 is 0 Å². The van der Waals surface area contributed by atoms with Crippen LogP contribution in [0.1, 0.15) is 153 Å². The Labute approximate surface area is 259 Å². The summed E-state index contributed by atoms with van der Waals surface area (Å²) in [6.45, 7) is 26.8. The summed E-state index contributed by atoms with van der Waals surface area (Å²) in [7, 11) is 0. The Morgan fingerprint density at radius 1 is 0.810 bits per heavy atom. The molecule has 0 heterocycles. The number of rotatable bonds is 5. The largest absolute Gasteiger partial charge is 0.462 e. The van der Waals surface area contributed by atoms with E-state index in [9.17, 15) is 4.79 Å². The average Bonchev–Trinajstić information content (AvgIpc) is 2.90. The zero-order chi connectivity index (χ0) is 30.9. The maximum absolute atomic E-state index is 13.1. The molecule has 2 heteroatoms. The van der Waals surface area contributed by atoms with E-state index in [1.165, 1.54) is 63.4 Å². The molecule has 0 aliphatic heterocycles. The predicted octanol–water partition coefficient (Wildman–Crippen LogP) is 11.4. The molecular weight excluding hydrogens is 512 g/mol. The van der Waals surface area contributed by atoms with Gasteiger partial charge < -0.3 is 4.74 Å². The SMILES string of the molecule is CC=C(C)CC=C(C)CC(=O)OC1CCC2(C)C(CCC3(C)C2CCC2C4=CC(C)(C)CCC4(C)CCC23C)C1(C)C. The molecule has 8 atom stereocenters. The third kappa shape index (κ3) is 5.01. The maximum Gasteiger partial charge on any atom is 0.310 e. The number of hydrogen-bond acceptors (Lipinski definition) is 2. The second-order valence-corrected chi connectivity index (χ2v) is 18.2. The fourth-order valence-electron chi connectivity index (χ4n) is 11.8. The van der Waals surface area contributed by atoms with Crippen LogP contribution in [0.3, 0.4) is 0 Å². The van der Waals surface area contributed by atoms with Crippen LogP contribution >= 0.6 is 0 Å². The highest BCUT2D eigenvalue weighted by Crippen LogP contribution is 2.76. The van der Waals surface area contributed by atoms with E-state index in [0.29, 0.717) is 39.4 Å². The first kappa shape index (κ1) is 32.1. The summed E-state index contributed by atoms with van der Waals surface area (Å²) < 4.78 is 6.36. The van der Waals surface area contributed by atoms with Crippen molar-refractivity contribution in [3.05, 3.63) is 34.9 Å². The maximum atomic E-state index is 13.1. The van der Waals surface area contributed by atoms with Crippen LogP contribution in [0, 0.1) is 50.2 Å². The van der Waals surface area contributed by atoms with E-state index in [4.69, 9.17) is 4.74 Å². The number of carbonyl (C=O) groups excluding carboxylic acids is 1. The monoisotopic (exact) mass is 576 g/mol. The van der Waals surface area contributed by atoms with Crippen molar-refractivity contribution in [2.45, 2.75) is 159 Å². The van der Waals surface area contributed by atoms with E-state index in [1.54, 1.807) is 0 Å². The van der Waals surface area contributed by atoms with Gasteiger partial charge in [-0.15, -0.1) is 0 Å². The van der Waals surface area contributed by atoms with Gasteiger partial charge in [-0.1, -0.05) is 90.3 Å². The summed E-state index contributed by atoms with van der Waals surface area (Å²) in [6, 6.07) is 0. The molecule has 2 nitrogen and oxygen atoms in total. The molecule has 4 fully saturated rings. The molecule has 0 aromatic carbocycles. The van der Waals surface area contributed by atoms with Crippen molar-refractivity contribution in [2.24, 2.45) is 50.2 Å². The van der Waals surface area contributed by atoms with Gasteiger partial charge >= 0.3 is 5.97 Å². The van der Waals surface area contributed by atoms with Crippen molar-refractivity contribution in [1.82, 2.24) is 0 Å².